The molecule has 1 aliphatic heterocycles. The predicted octanol–water partition coefficient (Wildman–Crippen LogP) is 0.00620. The highest BCUT2D eigenvalue weighted by Gasteiger charge is 2.18. The van der Waals surface area contributed by atoms with Crippen molar-refractivity contribution in [3.63, 3.8) is 0 Å². The van der Waals surface area contributed by atoms with Crippen LogP contribution in [0.1, 0.15) is 19.8 Å². The molecule has 0 spiro atoms. The van der Waals surface area contributed by atoms with E-state index in [9.17, 15) is 9.90 Å². The topological polar surface area (TPSA) is 49.8 Å². The normalized spacial score (nSPS) is 20.0. The van der Waals surface area contributed by atoms with E-state index in [0.717, 1.165) is 0 Å². The number of carbonyl (C=O) groups excluding carboxylic acids is 1. The molecule has 1 N–H and O–H groups in total. The molecule has 4 nitrogen and oxygen atoms in total. The first-order valence-electron chi connectivity index (χ1n) is 4.77. The average Bonchev–Trinajstić information content (AvgIpc) is 2.19. The van der Waals surface area contributed by atoms with E-state index in [1.165, 1.54) is 0 Å². The fraction of sp³-hybridized carbons (Fsp3) is 0.889. The van der Waals surface area contributed by atoms with Gasteiger partial charge in [-0.2, -0.15) is 0 Å². The first-order valence-corrected chi connectivity index (χ1v) is 4.77. The van der Waals surface area contributed by atoms with Crippen LogP contribution in [0.4, 0.5) is 0 Å². The maximum absolute atomic E-state index is 11.5. The standard InChI is InChI=1S/C9H17NO3/c1-2-8(11)7-9(12)10-3-5-13-6-4-10/h8,11H,2-7H2,1H3. The van der Waals surface area contributed by atoms with Crippen molar-refractivity contribution in [2.75, 3.05) is 26.3 Å². The van der Waals surface area contributed by atoms with Gasteiger partial charge < -0.3 is 14.7 Å². The molecule has 0 bridgehead atoms. The molecule has 0 radical (unpaired) electrons. The van der Waals surface area contributed by atoms with Gasteiger partial charge in [-0.25, -0.2) is 0 Å². The molecule has 0 aromatic carbocycles. The Bertz CT molecular complexity index is 166. The minimum absolute atomic E-state index is 0.0395. The highest BCUT2D eigenvalue weighted by atomic mass is 16.5. The van der Waals surface area contributed by atoms with Gasteiger partial charge in [0, 0.05) is 13.1 Å². The van der Waals surface area contributed by atoms with Gasteiger partial charge in [0.2, 0.25) is 5.91 Å². The third kappa shape index (κ3) is 3.32. The summed E-state index contributed by atoms with van der Waals surface area (Å²) in [6.45, 7) is 4.43. The summed E-state index contributed by atoms with van der Waals surface area (Å²) in [4.78, 5) is 13.2. The van der Waals surface area contributed by atoms with Crippen molar-refractivity contribution in [2.24, 2.45) is 0 Å². The Morgan fingerprint density at radius 3 is 2.69 bits per heavy atom. The van der Waals surface area contributed by atoms with E-state index < -0.39 is 6.10 Å². The third-order valence-electron chi connectivity index (χ3n) is 2.25. The summed E-state index contributed by atoms with van der Waals surface area (Å²) in [7, 11) is 0. The van der Waals surface area contributed by atoms with E-state index in [0.29, 0.717) is 32.7 Å². The van der Waals surface area contributed by atoms with Crippen LogP contribution in [0.25, 0.3) is 0 Å². The van der Waals surface area contributed by atoms with Crippen molar-refractivity contribution >= 4 is 5.91 Å². The SMILES string of the molecule is CCC(O)CC(=O)N1CCOCC1. The molecule has 13 heavy (non-hydrogen) atoms. The summed E-state index contributed by atoms with van der Waals surface area (Å²) in [6, 6.07) is 0. The molecule has 1 aliphatic rings. The first-order chi connectivity index (χ1) is 6.24. The van der Waals surface area contributed by atoms with Crippen LogP contribution in [-0.4, -0.2) is 48.3 Å². The largest absolute Gasteiger partial charge is 0.393 e. The Hall–Kier alpha value is -0.610. The van der Waals surface area contributed by atoms with E-state index >= 15 is 0 Å². The summed E-state index contributed by atoms with van der Waals surface area (Å²) in [5.41, 5.74) is 0. The first kappa shape index (κ1) is 10.5. The van der Waals surface area contributed by atoms with E-state index in [2.05, 4.69) is 0 Å². The average molecular weight is 187 g/mol. The molecule has 1 saturated heterocycles. The number of morpholine rings is 1. The monoisotopic (exact) mass is 187 g/mol. The lowest BCUT2D eigenvalue weighted by Gasteiger charge is -2.27. The van der Waals surface area contributed by atoms with Gasteiger partial charge in [-0.1, -0.05) is 6.92 Å². The smallest absolute Gasteiger partial charge is 0.225 e. The lowest BCUT2D eigenvalue weighted by molar-refractivity contribution is -0.137. The van der Waals surface area contributed by atoms with Crippen LogP contribution >= 0.6 is 0 Å². The Morgan fingerprint density at radius 2 is 2.15 bits per heavy atom. The fourth-order valence-corrected chi connectivity index (χ4v) is 1.29. The quantitative estimate of drug-likeness (QED) is 0.677. The number of aliphatic hydroxyl groups is 1. The minimum Gasteiger partial charge on any atom is -0.393 e. The third-order valence-corrected chi connectivity index (χ3v) is 2.25. The van der Waals surface area contributed by atoms with Crippen molar-refractivity contribution in [1.29, 1.82) is 0 Å². The molecular weight excluding hydrogens is 170 g/mol. The predicted molar refractivity (Wildman–Crippen MR) is 48.3 cm³/mol. The number of aliphatic hydroxyl groups excluding tert-OH is 1. The Kier molecular flexibility index (Phi) is 4.18. The van der Waals surface area contributed by atoms with Gasteiger partial charge in [-0.3, -0.25) is 4.79 Å². The van der Waals surface area contributed by atoms with Crippen molar-refractivity contribution in [2.45, 2.75) is 25.9 Å². The fourth-order valence-electron chi connectivity index (χ4n) is 1.29. The molecule has 0 aromatic heterocycles. The summed E-state index contributed by atoms with van der Waals surface area (Å²) < 4.78 is 5.12. The highest BCUT2D eigenvalue weighted by Crippen LogP contribution is 2.04. The lowest BCUT2D eigenvalue weighted by Crippen LogP contribution is -2.41. The number of amides is 1. The summed E-state index contributed by atoms with van der Waals surface area (Å²) in [5, 5.41) is 9.28. The molecule has 4 heteroatoms. The molecule has 76 valence electrons. The number of rotatable bonds is 3. The number of ether oxygens (including phenoxy) is 1. The van der Waals surface area contributed by atoms with E-state index in [1.54, 1.807) is 4.90 Å². The van der Waals surface area contributed by atoms with Gasteiger partial charge in [-0.15, -0.1) is 0 Å². The van der Waals surface area contributed by atoms with E-state index in [-0.39, 0.29) is 12.3 Å². The van der Waals surface area contributed by atoms with Gasteiger partial charge in [0.1, 0.15) is 0 Å². The number of carbonyl (C=O) groups is 1. The lowest BCUT2D eigenvalue weighted by atomic mass is 10.2. The zero-order valence-electron chi connectivity index (χ0n) is 8.03. The van der Waals surface area contributed by atoms with Crippen LogP contribution in [0, 0.1) is 0 Å². The second-order valence-corrected chi connectivity index (χ2v) is 3.26. The van der Waals surface area contributed by atoms with Crippen molar-refractivity contribution < 1.29 is 14.6 Å². The minimum atomic E-state index is -0.490. The Balaban J connectivity index is 2.29. The molecule has 1 rings (SSSR count). The molecule has 0 aliphatic carbocycles. The molecule has 1 amide bonds. The second-order valence-electron chi connectivity index (χ2n) is 3.26. The molecule has 1 unspecified atom stereocenters. The van der Waals surface area contributed by atoms with Crippen LogP contribution < -0.4 is 0 Å². The Labute approximate surface area is 78.5 Å². The van der Waals surface area contributed by atoms with Gasteiger partial charge in [0.15, 0.2) is 0 Å². The van der Waals surface area contributed by atoms with Gasteiger partial charge in [-0.05, 0) is 6.42 Å². The van der Waals surface area contributed by atoms with E-state index in [1.807, 2.05) is 6.92 Å². The highest BCUT2D eigenvalue weighted by molar-refractivity contribution is 5.76. The molecule has 1 atom stereocenters. The number of hydrogen-bond acceptors (Lipinski definition) is 3. The van der Waals surface area contributed by atoms with Crippen LogP contribution in [0.2, 0.25) is 0 Å². The maximum atomic E-state index is 11.5. The molecule has 1 fully saturated rings. The summed E-state index contributed by atoms with van der Waals surface area (Å²) >= 11 is 0. The zero-order valence-corrected chi connectivity index (χ0v) is 8.03. The van der Waals surface area contributed by atoms with E-state index in [4.69, 9.17) is 4.74 Å². The van der Waals surface area contributed by atoms with Gasteiger partial charge >= 0.3 is 0 Å². The molecule has 0 aromatic rings. The van der Waals surface area contributed by atoms with Crippen molar-refractivity contribution in [3.8, 4) is 0 Å². The Morgan fingerprint density at radius 1 is 1.54 bits per heavy atom. The van der Waals surface area contributed by atoms with Crippen LogP contribution in [0.5, 0.6) is 0 Å². The molecular formula is C9H17NO3. The van der Waals surface area contributed by atoms with Crippen LogP contribution in [-0.2, 0) is 9.53 Å². The zero-order chi connectivity index (χ0) is 9.68. The summed E-state index contributed by atoms with van der Waals surface area (Å²) in [6.07, 6.45) is 0.391. The van der Waals surface area contributed by atoms with Crippen LogP contribution in [0.15, 0.2) is 0 Å². The summed E-state index contributed by atoms with van der Waals surface area (Å²) in [5.74, 6) is 0.0395. The molecule has 0 saturated carbocycles. The van der Waals surface area contributed by atoms with Crippen LogP contribution in [0.3, 0.4) is 0 Å². The number of hydrogen-bond donors (Lipinski definition) is 1. The van der Waals surface area contributed by atoms with Gasteiger partial charge in [0.25, 0.3) is 0 Å². The molecule has 1 heterocycles. The van der Waals surface area contributed by atoms with Crippen molar-refractivity contribution in [3.05, 3.63) is 0 Å². The maximum Gasteiger partial charge on any atom is 0.225 e. The second kappa shape index (κ2) is 5.19. The number of nitrogens with zero attached hydrogens (tertiary/aromatic N) is 1. The van der Waals surface area contributed by atoms with Gasteiger partial charge in [0.05, 0.1) is 25.7 Å². The van der Waals surface area contributed by atoms with Crippen molar-refractivity contribution in [1.82, 2.24) is 4.90 Å².